The number of alkyl halides is 3. The molecule has 1 unspecified atom stereocenters. The van der Waals surface area contributed by atoms with Crippen LogP contribution in [0.2, 0.25) is 0 Å². The maximum absolute atomic E-state index is 13.1. The minimum absolute atomic E-state index is 0.0153. The number of hydrogen-bond acceptors (Lipinski definition) is 2. The van der Waals surface area contributed by atoms with Crippen LogP contribution in [0.3, 0.4) is 0 Å². The van der Waals surface area contributed by atoms with E-state index in [1.807, 2.05) is 0 Å². The Hall–Kier alpha value is -2.05. The summed E-state index contributed by atoms with van der Waals surface area (Å²) in [5.74, 6) is 0.379. The van der Waals surface area contributed by atoms with Gasteiger partial charge in [0.25, 0.3) is 0 Å². The number of rotatable bonds is 7. The van der Waals surface area contributed by atoms with E-state index in [4.69, 9.17) is 0 Å². The van der Waals surface area contributed by atoms with Gasteiger partial charge in [0.1, 0.15) is 0 Å². The fraction of sp³-hybridized carbons (Fsp3) is 0.636. The first-order chi connectivity index (χ1) is 13.8. The number of halogens is 3. The van der Waals surface area contributed by atoms with Crippen LogP contribution < -0.4 is 5.32 Å². The van der Waals surface area contributed by atoms with Gasteiger partial charge in [0, 0.05) is 25.9 Å². The molecule has 1 atom stereocenters. The van der Waals surface area contributed by atoms with Crippen molar-refractivity contribution in [3.8, 4) is 0 Å². The van der Waals surface area contributed by atoms with Gasteiger partial charge in [-0.15, -0.1) is 0 Å². The monoisotopic (exact) mass is 410 g/mol. The first-order valence-corrected chi connectivity index (χ1v) is 10.6. The van der Waals surface area contributed by atoms with Crippen molar-refractivity contribution in [2.45, 2.75) is 70.0 Å². The first-order valence-electron chi connectivity index (χ1n) is 10.6. The van der Waals surface area contributed by atoms with Crippen LogP contribution in [-0.2, 0) is 15.8 Å². The van der Waals surface area contributed by atoms with Crippen LogP contribution in [0, 0.1) is 5.92 Å². The molecule has 0 aromatic heterocycles. The number of nitrogens with zero attached hydrogens (tertiary/aromatic N) is 1. The van der Waals surface area contributed by atoms with Crippen LogP contribution in [0.1, 0.15) is 75.0 Å². The summed E-state index contributed by atoms with van der Waals surface area (Å²) in [6, 6.07) is 4.39. The van der Waals surface area contributed by atoms with Crippen molar-refractivity contribution >= 4 is 11.8 Å². The van der Waals surface area contributed by atoms with E-state index in [0.717, 1.165) is 37.8 Å². The maximum Gasteiger partial charge on any atom is 0.416 e. The molecule has 0 bridgehead atoms. The van der Waals surface area contributed by atoms with Crippen molar-refractivity contribution in [2.24, 2.45) is 5.92 Å². The molecule has 2 aliphatic rings. The summed E-state index contributed by atoms with van der Waals surface area (Å²) >= 11 is 0. The van der Waals surface area contributed by atoms with Gasteiger partial charge in [0.05, 0.1) is 11.6 Å². The zero-order valence-electron chi connectivity index (χ0n) is 16.6. The van der Waals surface area contributed by atoms with Gasteiger partial charge in [-0.25, -0.2) is 0 Å². The molecule has 1 aliphatic heterocycles. The molecular formula is C22H29F3N2O2. The summed E-state index contributed by atoms with van der Waals surface area (Å²) in [5.41, 5.74) is -0.366. The lowest BCUT2D eigenvalue weighted by atomic mass is 9.86. The Labute approximate surface area is 169 Å². The highest BCUT2D eigenvalue weighted by Gasteiger charge is 2.32. The molecule has 2 amide bonds. The summed E-state index contributed by atoms with van der Waals surface area (Å²) in [4.78, 5) is 26.2. The van der Waals surface area contributed by atoms with Gasteiger partial charge in [0.15, 0.2) is 0 Å². The van der Waals surface area contributed by atoms with Crippen LogP contribution in [0.25, 0.3) is 0 Å². The van der Waals surface area contributed by atoms with Gasteiger partial charge in [-0.3, -0.25) is 9.59 Å². The van der Waals surface area contributed by atoms with E-state index < -0.39 is 17.8 Å². The number of carbonyl (C=O) groups is 2. The number of carbonyl (C=O) groups excluding carboxylic acids is 2. The highest BCUT2D eigenvalue weighted by molar-refractivity contribution is 5.79. The van der Waals surface area contributed by atoms with Crippen LogP contribution in [-0.4, -0.2) is 29.8 Å². The van der Waals surface area contributed by atoms with E-state index in [0.29, 0.717) is 30.9 Å². The summed E-state index contributed by atoms with van der Waals surface area (Å²) in [5, 5.41) is 2.90. The van der Waals surface area contributed by atoms with Gasteiger partial charge >= 0.3 is 6.18 Å². The average Bonchev–Trinajstić information content (AvgIpc) is 3.11. The van der Waals surface area contributed by atoms with Crippen molar-refractivity contribution in [3.05, 3.63) is 35.4 Å². The van der Waals surface area contributed by atoms with Crippen LogP contribution in [0.15, 0.2) is 24.3 Å². The standard InChI is InChI=1S/C22H29F3N2O2/c23-22(24,25)18-9-4-8-17(14-18)19(15-27-13-5-10-21(27)29)26-20(28)12-11-16-6-2-1-3-7-16/h4,8-9,14,16,19H,1-3,5-7,10-13,15H2,(H,26,28). The summed E-state index contributed by atoms with van der Waals surface area (Å²) in [6.45, 7) is 0.779. The Balaban J connectivity index is 1.69. The number of likely N-dealkylation sites (tertiary alicyclic amines) is 1. The van der Waals surface area contributed by atoms with Gasteiger partial charge in [-0.05, 0) is 36.5 Å². The van der Waals surface area contributed by atoms with Crippen LogP contribution in [0.4, 0.5) is 13.2 Å². The van der Waals surface area contributed by atoms with Crippen molar-refractivity contribution in [1.29, 1.82) is 0 Å². The molecule has 2 fully saturated rings. The summed E-state index contributed by atoms with van der Waals surface area (Å²) in [6.07, 6.45) is 3.87. The van der Waals surface area contributed by atoms with Gasteiger partial charge in [0.2, 0.25) is 11.8 Å². The second-order valence-electron chi connectivity index (χ2n) is 8.23. The predicted octanol–water partition coefficient (Wildman–Crippen LogP) is 4.85. The van der Waals surface area contributed by atoms with Gasteiger partial charge in [-0.1, -0.05) is 44.2 Å². The highest BCUT2D eigenvalue weighted by atomic mass is 19.4. The topological polar surface area (TPSA) is 49.4 Å². The second kappa shape index (κ2) is 9.63. The lowest BCUT2D eigenvalue weighted by molar-refractivity contribution is -0.137. The number of amides is 2. The molecule has 1 aliphatic carbocycles. The van der Waals surface area contributed by atoms with E-state index in [-0.39, 0.29) is 18.4 Å². The zero-order valence-corrected chi connectivity index (χ0v) is 16.6. The molecule has 1 saturated heterocycles. The molecule has 1 aromatic carbocycles. The first kappa shape index (κ1) is 21.7. The number of hydrogen-bond donors (Lipinski definition) is 1. The summed E-state index contributed by atoms with van der Waals surface area (Å²) < 4.78 is 39.4. The lowest BCUT2D eigenvalue weighted by Gasteiger charge is -2.26. The molecule has 1 heterocycles. The van der Waals surface area contributed by atoms with Gasteiger partial charge < -0.3 is 10.2 Å². The Kier molecular flexibility index (Phi) is 7.19. The van der Waals surface area contributed by atoms with Crippen LogP contribution in [0.5, 0.6) is 0 Å². The molecule has 1 aromatic rings. The van der Waals surface area contributed by atoms with Gasteiger partial charge in [-0.2, -0.15) is 13.2 Å². The van der Waals surface area contributed by atoms with E-state index in [2.05, 4.69) is 5.32 Å². The minimum atomic E-state index is -4.45. The number of nitrogens with one attached hydrogen (secondary N) is 1. The Bertz CT molecular complexity index is 714. The van der Waals surface area contributed by atoms with Crippen LogP contribution >= 0.6 is 0 Å². The molecule has 1 N–H and O–H groups in total. The Morgan fingerprint density at radius 3 is 2.59 bits per heavy atom. The van der Waals surface area contributed by atoms with E-state index >= 15 is 0 Å². The molecule has 4 nitrogen and oxygen atoms in total. The Morgan fingerprint density at radius 1 is 1.17 bits per heavy atom. The van der Waals surface area contributed by atoms with E-state index in [9.17, 15) is 22.8 Å². The lowest BCUT2D eigenvalue weighted by Crippen LogP contribution is -2.38. The fourth-order valence-electron chi connectivity index (χ4n) is 4.36. The predicted molar refractivity (Wildman–Crippen MR) is 104 cm³/mol. The van der Waals surface area contributed by atoms with E-state index in [1.54, 1.807) is 11.0 Å². The maximum atomic E-state index is 13.1. The van der Waals surface area contributed by atoms with E-state index in [1.165, 1.54) is 25.3 Å². The average molecular weight is 410 g/mol. The fourth-order valence-corrected chi connectivity index (χ4v) is 4.36. The smallest absolute Gasteiger partial charge is 0.348 e. The van der Waals surface area contributed by atoms with Crippen molar-refractivity contribution < 1.29 is 22.8 Å². The molecule has 29 heavy (non-hydrogen) atoms. The molecule has 0 spiro atoms. The van der Waals surface area contributed by atoms with Crippen molar-refractivity contribution in [2.75, 3.05) is 13.1 Å². The second-order valence-corrected chi connectivity index (χ2v) is 8.23. The SMILES string of the molecule is O=C(CCC1CCCCC1)NC(CN1CCCC1=O)c1cccc(C(F)(F)F)c1. The van der Waals surface area contributed by atoms with Crippen molar-refractivity contribution in [1.82, 2.24) is 10.2 Å². The quantitative estimate of drug-likeness (QED) is 0.699. The highest BCUT2D eigenvalue weighted by Crippen LogP contribution is 2.31. The van der Waals surface area contributed by atoms with Crippen molar-refractivity contribution in [3.63, 3.8) is 0 Å². The molecule has 7 heteroatoms. The molecule has 1 saturated carbocycles. The molecule has 3 rings (SSSR count). The molecule has 160 valence electrons. The largest absolute Gasteiger partial charge is 0.416 e. The third-order valence-electron chi connectivity index (χ3n) is 6.03. The minimum Gasteiger partial charge on any atom is -0.348 e. The normalized spacial score (nSPS) is 19.4. The summed E-state index contributed by atoms with van der Waals surface area (Å²) in [7, 11) is 0. The third kappa shape index (κ3) is 6.21. The third-order valence-corrected chi connectivity index (χ3v) is 6.03. The zero-order chi connectivity index (χ0) is 20.9. The Morgan fingerprint density at radius 2 is 1.93 bits per heavy atom. The molecule has 0 radical (unpaired) electrons. The number of benzene rings is 1. The molecular weight excluding hydrogens is 381 g/mol.